The number of sulfonamides is 1. The first-order chi connectivity index (χ1) is 16.5. The molecule has 5 rings (SSSR count). The minimum Gasteiger partial charge on any atom is -0.355 e. The van der Waals surface area contributed by atoms with Gasteiger partial charge in [-0.3, -0.25) is 19.5 Å². The maximum atomic E-state index is 12.6. The van der Waals surface area contributed by atoms with Crippen molar-refractivity contribution >= 4 is 27.4 Å². The fraction of sp³-hybridized carbons (Fsp3) is 0.333. The summed E-state index contributed by atoms with van der Waals surface area (Å²) in [4.78, 5) is 28.1. The number of amides is 1. The number of benzene rings is 1. The van der Waals surface area contributed by atoms with Gasteiger partial charge in [0.2, 0.25) is 10.0 Å². The summed E-state index contributed by atoms with van der Waals surface area (Å²) in [5.74, 6) is 0.639. The van der Waals surface area contributed by atoms with Crippen LogP contribution in [0.25, 0.3) is 11.3 Å². The molecule has 2 N–H and O–H groups in total. The summed E-state index contributed by atoms with van der Waals surface area (Å²) in [7, 11) is -3.34. The Labute approximate surface area is 198 Å². The van der Waals surface area contributed by atoms with Crippen LogP contribution in [0.2, 0.25) is 0 Å². The standard InChI is InChI=1S/C24H26N6O3S/c31-24(27-14-20-13-19(9-10-26-20)29-34(32,33)21-7-8-21)18-5-3-17(4-6-18)22-15-25-16-23(28-22)30-11-1-2-12-30/h3-6,9-10,13,15-16,21H,1-2,7-8,11-12,14H2,(H,26,29)(H,27,31). The summed E-state index contributed by atoms with van der Waals surface area (Å²) < 4.78 is 26.8. The second-order valence-electron chi connectivity index (χ2n) is 8.60. The van der Waals surface area contributed by atoms with Crippen LogP contribution in [0.4, 0.5) is 11.5 Å². The van der Waals surface area contributed by atoms with Crippen LogP contribution in [-0.4, -0.2) is 47.6 Å². The molecular weight excluding hydrogens is 452 g/mol. The van der Waals surface area contributed by atoms with Crippen molar-refractivity contribution in [3.05, 3.63) is 66.2 Å². The number of pyridine rings is 1. The van der Waals surface area contributed by atoms with Crippen molar-refractivity contribution in [2.45, 2.75) is 37.5 Å². The number of hydrogen-bond donors (Lipinski definition) is 2. The van der Waals surface area contributed by atoms with Crippen molar-refractivity contribution < 1.29 is 13.2 Å². The van der Waals surface area contributed by atoms with E-state index in [1.54, 1.807) is 36.7 Å². The lowest BCUT2D eigenvalue weighted by atomic mass is 10.1. The Morgan fingerprint density at radius 3 is 2.56 bits per heavy atom. The topological polar surface area (TPSA) is 117 Å². The first-order valence-electron chi connectivity index (χ1n) is 11.4. The summed E-state index contributed by atoms with van der Waals surface area (Å²) in [6.45, 7) is 2.19. The van der Waals surface area contributed by atoms with Crippen LogP contribution in [0.1, 0.15) is 41.7 Å². The predicted octanol–water partition coefficient (Wildman–Crippen LogP) is 2.97. The summed E-state index contributed by atoms with van der Waals surface area (Å²) in [6.07, 6.45) is 8.77. The van der Waals surface area contributed by atoms with Crippen LogP contribution < -0.4 is 14.9 Å². The quantitative estimate of drug-likeness (QED) is 0.511. The highest BCUT2D eigenvalue weighted by molar-refractivity contribution is 7.93. The van der Waals surface area contributed by atoms with Gasteiger partial charge in [-0.25, -0.2) is 13.4 Å². The molecule has 3 heterocycles. The predicted molar refractivity (Wildman–Crippen MR) is 130 cm³/mol. The van der Waals surface area contributed by atoms with E-state index in [0.29, 0.717) is 29.8 Å². The number of nitrogens with one attached hydrogen (secondary N) is 2. The minimum absolute atomic E-state index is 0.183. The maximum Gasteiger partial charge on any atom is 0.251 e. The van der Waals surface area contributed by atoms with Crippen LogP contribution in [0, 0.1) is 0 Å². The molecule has 2 aromatic heterocycles. The van der Waals surface area contributed by atoms with Gasteiger partial charge in [0.15, 0.2) is 0 Å². The average molecular weight is 479 g/mol. The highest BCUT2D eigenvalue weighted by Crippen LogP contribution is 2.29. The number of carbonyl (C=O) groups excluding carboxylic acids is 1. The smallest absolute Gasteiger partial charge is 0.251 e. The zero-order valence-corrected chi connectivity index (χ0v) is 19.5. The van der Waals surface area contributed by atoms with Crippen molar-refractivity contribution in [1.82, 2.24) is 20.3 Å². The number of rotatable bonds is 8. The molecule has 0 unspecified atom stereocenters. The second kappa shape index (κ2) is 9.38. The third-order valence-corrected chi connectivity index (χ3v) is 7.83. The molecule has 34 heavy (non-hydrogen) atoms. The highest BCUT2D eigenvalue weighted by Gasteiger charge is 2.35. The molecule has 176 valence electrons. The van der Waals surface area contributed by atoms with Gasteiger partial charge in [-0.15, -0.1) is 0 Å². The van der Waals surface area contributed by atoms with Gasteiger partial charge < -0.3 is 10.2 Å². The molecule has 1 saturated heterocycles. The third-order valence-electron chi connectivity index (χ3n) is 5.96. The Kier molecular flexibility index (Phi) is 6.14. The van der Waals surface area contributed by atoms with E-state index in [4.69, 9.17) is 4.98 Å². The lowest BCUT2D eigenvalue weighted by molar-refractivity contribution is 0.0950. The van der Waals surface area contributed by atoms with Crippen LogP contribution in [-0.2, 0) is 16.6 Å². The van der Waals surface area contributed by atoms with Crippen LogP contribution in [0.15, 0.2) is 55.0 Å². The molecule has 2 aliphatic rings. The number of aromatic nitrogens is 3. The highest BCUT2D eigenvalue weighted by atomic mass is 32.2. The van der Waals surface area contributed by atoms with Gasteiger partial charge in [0, 0.05) is 30.4 Å². The lowest BCUT2D eigenvalue weighted by Gasteiger charge is -2.16. The van der Waals surface area contributed by atoms with Crippen LogP contribution in [0.3, 0.4) is 0 Å². The van der Waals surface area contributed by atoms with E-state index in [-0.39, 0.29) is 17.7 Å². The number of hydrogen-bond acceptors (Lipinski definition) is 7. The second-order valence-corrected chi connectivity index (χ2v) is 10.6. The van der Waals surface area contributed by atoms with E-state index in [1.807, 2.05) is 12.1 Å². The van der Waals surface area contributed by atoms with E-state index in [1.165, 1.54) is 19.0 Å². The number of nitrogens with zero attached hydrogens (tertiary/aromatic N) is 4. The first-order valence-corrected chi connectivity index (χ1v) is 12.9. The zero-order chi connectivity index (χ0) is 23.5. The van der Waals surface area contributed by atoms with Crippen molar-refractivity contribution in [3.8, 4) is 11.3 Å². The van der Waals surface area contributed by atoms with Gasteiger partial charge in [0.05, 0.1) is 41.3 Å². The molecule has 2 fully saturated rings. The van der Waals surface area contributed by atoms with Crippen molar-refractivity contribution in [2.24, 2.45) is 0 Å². The third kappa shape index (κ3) is 5.17. The van der Waals surface area contributed by atoms with Gasteiger partial charge in [-0.05, 0) is 49.9 Å². The number of carbonyl (C=O) groups is 1. The fourth-order valence-corrected chi connectivity index (χ4v) is 5.30. The van der Waals surface area contributed by atoms with Crippen LogP contribution >= 0.6 is 0 Å². The Bertz CT molecular complexity index is 1290. The van der Waals surface area contributed by atoms with Crippen molar-refractivity contribution in [3.63, 3.8) is 0 Å². The lowest BCUT2D eigenvalue weighted by Crippen LogP contribution is -2.23. The van der Waals surface area contributed by atoms with E-state index < -0.39 is 10.0 Å². The molecule has 0 bridgehead atoms. The monoisotopic (exact) mass is 478 g/mol. The molecular formula is C24H26N6O3S. The summed E-state index contributed by atoms with van der Waals surface area (Å²) in [6, 6.07) is 10.5. The zero-order valence-electron chi connectivity index (χ0n) is 18.6. The largest absolute Gasteiger partial charge is 0.355 e. The van der Waals surface area contributed by atoms with Gasteiger partial charge in [-0.2, -0.15) is 0 Å². The molecule has 1 aliphatic carbocycles. The fourth-order valence-electron chi connectivity index (χ4n) is 3.92. The van der Waals surface area contributed by atoms with Crippen LogP contribution in [0.5, 0.6) is 0 Å². The Morgan fingerprint density at radius 2 is 1.82 bits per heavy atom. The van der Waals surface area contributed by atoms with Gasteiger partial charge >= 0.3 is 0 Å². The molecule has 3 aromatic rings. The molecule has 0 spiro atoms. The first kappa shape index (κ1) is 22.3. The van der Waals surface area contributed by atoms with E-state index in [9.17, 15) is 13.2 Å². The molecule has 1 amide bonds. The van der Waals surface area contributed by atoms with E-state index >= 15 is 0 Å². The Balaban J connectivity index is 1.21. The Hall–Kier alpha value is -3.53. The minimum atomic E-state index is -3.34. The number of anilines is 2. The molecule has 1 saturated carbocycles. The SMILES string of the molecule is O=C(NCc1cc(NS(=O)(=O)C2CC2)ccn1)c1ccc(-c2cncc(N3CCCC3)n2)cc1. The van der Waals surface area contributed by atoms with E-state index in [2.05, 4.69) is 24.9 Å². The normalized spacial score (nSPS) is 15.8. The van der Waals surface area contributed by atoms with Gasteiger partial charge in [0.25, 0.3) is 5.91 Å². The maximum absolute atomic E-state index is 12.6. The molecule has 9 nitrogen and oxygen atoms in total. The summed E-state index contributed by atoms with van der Waals surface area (Å²) in [5.41, 5.74) is 3.19. The average Bonchev–Trinajstić information content (AvgIpc) is 3.59. The summed E-state index contributed by atoms with van der Waals surface area (Å²) in [5, 5.41) is 2.53. The molecule has 0 atom stereocenters. The molecule has 0 radical (unpaired) electrons. The molecule has 10 heteroatoms. The van der Waals surface area contributed by atoms with E-state index in [0.717, 1.165) is 30.2 Å². The molecule has 1 aliphatic heterocycles. The molecule has 1 aromatic carbocycles. The Morgan fingerprint density at radius 1 is 1.06 bits per heavy atom. The van der Waals surface area contributed by atoms with Gasteiger partial charge in [-0.1, -0.05) is 12.1 Å². The van der Waals surface area contributed by atoms with Crippen molar-refractivity contribution in [1.29, 1.82) is 0 Å². The summed E-state index contributed by atoms with van der Waals surface area (Å²) >= 11 is 0. The van der Waals surface area contributed by atoms with Gasteiger partial charge in [0.1, 0.15) is 5.82 Å². The van der Waals surface area contributed by atoms with Crippen molar-refractivity contribution in [2.75, 3.05) is 22.7 Å².